The van der Waals surface area contributed by atoms with Crippen LogP contribution in [0.5, 0.6) is 0 Å². The number of hydrogen-bond acceptors (Lipinski definition) is 5. The first-order valence-electron chi connectivity index (χ1n) is 5.25. The van der Waals surface area contributed by atoms with Gasteiger partial charge in [0, 0.05) is 6.04 Å². The fourth-order valence-electron chi connectivity index (χ4n) is 1.38. The van der Waals surface area contributed by atoms with E-state index in [4.69, 9.17) is 5.73 Å². The van der Waals surface area contributed by atoms with Crippen LogP contribution in [0.2, 0.25) is 0 Å². The molecule has 0 amide bonds. The predicted molar refractivity (Wildman–Crippen MR) is 61.6 cm³/mol. The molecule has 0 unspecified atom stereocenters. The van der Waals surface area contributed by atoms with Crippen molar-refractivity contribution in [3.8, 4) is 0 Å². The van der Waals surface area contributed by atoms with E-state index in [1.165, 1.54) is 6.33 Å². The highest BCUT2D eigenvalue weighted by Gasteiger charge is 2.17. The first kappa shape index (κ1) is 13.1. The summed E-state index contributed by atoms with van der Waals surface area (Å²) in [5, 5.41) is 4.00. The Morgan fingerprint density at radius 1 is 1.50 bits per heavy atom. The molecule has 7 heteroatoms. The highest BCUT2D eigenvalue weighted by molar-refractivity contribution is 7.90. The molecule has 6 nitrogen and oxygen atoms in total. The largest absolute Gasteiger partial charge is 0.330 e. The third-order valence-corrected chi connectivity index (χ3v) is 3.75. The lowest BCUT2D eigenvalue weighted by atomic mass is 10.4. The van der Waals surface area contributed by atoms with Gasteiger partial charge in [0.15, 0.2) is 9.84 Å². The molecule has 1 heterocycles. The van der Waals surface area contributed by atoms with Crippen molar-refractivity contribution in [2.45, 2.75) is 32.1 Å². The van der Waals surface area contributed by atoms with Crippen molar-refractivity contribution in [1.82, 2.24) is 14.8 Å². The lowest BCUT2D eigenvalue weighted by Gasteiger charge is -2.09. The summed E-state index contributed by atoms with van der Waals surface area (Å²) >= 11 is 0. The first-order chi connectivity index (χ1) is 7.46. The van der Waals surface area contributed by atoms with Gasteiger partial charge in [-0.15, -0.1) is 0 Å². The zero-order valence-electron chi connectivity index (χ0n) is 9.63. The van der Waals surface area contributed by atoms with Crippen LogP contribution in [0.1, 0.15) is 32.1 Å². The van der Waals surface area contributed by atoms with Crippen molar-refractivity contribution < 1.29 is 8.42 Å². The van der Waals surface area contributed by atoms with Crippen molar-refractivity contribution >= 4 is 9.84 Å². The van der Waals surface area contributed by atoms with E-state index in [9.17, 15) is 8.42 Å². The first-order valence-corrected chi connectivity index (χ1v) is 7.07. The average Bonchev–Trinajstić information content (AvgIpc) is 2.62. The van der Waals surface area contributed by atoms with Crippen molar-refractivity contribution in [2.75, 3.05) is 12.3 Å². The Hall–Kier alpha value is -0.950. The van der Waals surface area contributed by atoms with E-state index in [2.05, 4.69) is 10.1 Å². The molecule has 0 atom stereocenters. The summed E-state index contributed by atoms with van der Waals surface area (Å²) in [6.45, 7) is 4.26. The Labute approximate surface area is 95.8 Å². The number of rotatable bonds is 6. The predicted octanol–water partition coefficient (Wildman–Crippen LogP) is 0.123. The fourth-order valence-corrected chi connectivity index (χ4v) is 2.73. The smallest absolute Gasteiger partial charge is 0.157 e. The topological polar surface area (TPSA) is 90.9 Å². The Kier molecular flexibility index (Phi) is 4.43. The second-order valence-corrected chi connectivity index (χ2v) is 6.13. The molecule has 0 fully saturated rings. The highest BCUT2D eigenvalue weighted by atomic mass is 32.2. The van der Waals surface area contributed by atoms with Crippen molar-refractivity contribution in [3.63, 3.8) is 0 Å². The van der Waals surface area contributed by atoms with Crippen molar-refractivity contribution in [3.05, 3.63) is 12.2 Å². The molecule has 0 aromatic carbocycles. The van der Waals surface area contributed by atoms with Crippen LogP contribution in [0, 0.1) is 0 Å². The van der Waals surface area contributed by atoms with Gasteiger partial charge in [-0.2, -0.15) is 5.10 Å². The van der Waals surface area contributed by atoms with Gasteiger partial charge in [-0.3, -0.25) is 0 Å². The number of sulfone groups is 1. The Morgan fingerprint density at radius 2 is 2.19 bits per heavy atom. The molecule has 0 aliphatic heterocycles. The number of nitrogens with two attached hydrogens (primary N) is 1. The van der Waals surface area contributed by atoms with Gasteiger partial charge >= 0.3 is 0 Å². The molecule has 0 aliphatic rings. The molecule has 0 spiro atoms. The molecule has 0 saturated carbocycles. The summed E-state index contributed by atoms with van der Waals surface area (Å²) in [5.41, 5.74) is 5.29. The van der Waals surface area contributed by atoms with Crippen LogP contribution in [0.25, 0.3) is 0 Å². The van der Waals surface area contributed by atoms with Gasteiger partial charge in [-0.1, -0.05) is 0 Å². The molecule has 1 aromatic rings. The van der Waals surface area contributed by atoms with E-state index in [1.807, 2.05) is 13.8 Å². The van der Waals surface area contributed by atoms with E-state index in [-0.39, 0.29) is 17.5 Å². The summed E-state index contributed by atoms with van der Waals surface area (Å²) in [6, 6.07) is 0.113. The van der Waals surface area contributed by atoms with Crippen molar-refractivity contribution in [2.24, 2.45) is 5.73 Å². The van der Waals surface area contributed by atoms with E-state index < -0.39 is 9.84 Å². The number of hydrogen-bond donors (Lipinski definition) is 1. The van der Waals surface area contributed by atoms with Crippen LogP contribution in [0.4, 0.5) is 0 Å². The second-order valence-electron chi connectivity index (χ2n) is 3.95. The van der Waals surface area contributed by atoms with E-state index >= 15 is 0 Å². The average molecular weight is 246 g/mol. The lowest BCUT2D eigenvalue weighted by molar-refractivity contribution is 0.510. The van der Waals surface area contributed by atoms with Gasteiger partial charge in [0.25, 0.3) is 0 Å². The Balaban J connectivity index is 2.76. The maximum absolute atomic E-state index is 11.7. The van der Waals surface area contributed by atoms with Gasteiger partial charge in [0.2, 0.25) is 0 Å². The van der Waals surface area contributed by atoms with Crippen LogP contribution in [0.3, 0.4) is 0 Å². The van der Waals surface area contributed by atoms with Gasteiger partial charge < -0.3 is 5.73 Å². The fraction of sp³-hybridized carbons (Fsp3) is 0.778. The van der Waals surface area contributed by atoms with Crippen LogP contribution in [-0.4, -0.2) is 35.5 Å². The summed E-state index contributed by atoms with van der Waals surface area (Å²) in [5.74, 6) is 0.534. The molecule has 1 aromatic heterocycles. The molecule has 16 heavy (non-hydrogen) atoms. The normalized spacial score (nSPS) is 12.2. The van der Waals surface area contributed by atoms with Crippen LogP contribution < -0.4 is 5.73 Å². The quantitative estimate of drug-likeness (QED) is 0.770. The SMILES string of the molecule is CC(C)n1ncnc1CS(=O)(=O)CCCN. The lowest BCUT2D eigenvalue weighted by Crippen LogP contribution is -2.17. The number of nitrogens with zero attached hydrogens (tertiary/aromatic N) is 3. The van der Waals surface area contributed by atoms with E-state index in [0.29, 0.717) is 18.8 Å². The molecular weight excluding hydrogens is 228 g/mol. The monoisotopic (exact) mass is 246 g/mol. The molecule has 0 radical (unpaired) electrons. The maximum Gasteiger partial charge on any atom is 0.157 e. The van der Waals surface area contributed by atoms with E-state index in [1.54, 1.807) is 4.68 Å². The summed E-state index contributed by atoms with van der Waals surface area (Å²) in [6.07, 6.45) is 1.87. The minimum Gasteiger partial charge on any atom is -0.330 e. The second kappa shape index (κ2) is 5.40. The van der Waals surface area contributed by atoms with Crippen LogP contribution >= 0.6 is 0 Å². The van der Waals surface area contributed by atoms with Crippen molar-refractivity contribution in [1.29, 1.82) is 0 Å². The van der Waals surface area contributed by atoms with Crippen LogP contribution in [0.15, 0.2) is 6.33 Å². The Morgan fingerprint density at radius 3 is 2.75 bits per heavy atom. The third-order valence-electron chi connectivity index (χ3n) is 2.14. The molecule has 0 saturated heterocycles. The zero-order chi connectivity index (χ0) is 12.2. The minimum absolute atomic E-state index is 0.0643. The summed E-state index contributed by atoms with van der Waals surface area (Å²) in [4.78, 5) is 3.97. The summed E-state index contributed by atoms with van der Waals surface area (Å²) < 4.78 is 25.0. The van der Waals surface area contributed by atoms with E-state index in [0.717, 1.165) is 0 Å². The van der Waals surface area contributed by atoms with Gasteiger partial charge in [-0.05, 0) is 26.8 Å². The molecular formula is C9H18N4O2S. The molecule has 2 N–H and O–H groups in total. The standard InChI is InChI=1S/C9H18N4O2S/c1-8(2)13-9(11-7-12-13)6-16(14,15)5-3-4-10/h7-8H,3-6,10H2,1-2H3. The van der Waals surface area contributed by atoms with Gasteiger partial charge in [0.05, 0.1) is 5.75 Å². The molecule has 0 aliphatic carbocycles. The highest BCUT2D eigenvalue weighted by Crippen LogP contribution is 2.09. The molecule has 92 valence electrons. The zero-order valence-corrected chi connectivity index (χ0v) is 10.4. The Bertz CT molecular complexity index is 424. The minimum atomic E-state index is -3.13. The maximum atomic E-state index is 11.7. The van der Waals surface area contributed by atoms with Gasteiger partial charge in [-0.25, -0.2) is 18.1 Å². The van der Waals surface area contributed by atoms with Crippen LogP contribution in [-0.2, 0) is 15.6 Å². The third kappa shape index (κ3) is 3.57. The molecule has 0 bridgehead atoms. The number of aromatic nitrogens is 3. The van der Waals surface area contributed by atoms with Gasteiger partial charge in [0.1, 0.15) is 17.9 Å². The molecule has 1 rings (SSSR count). The summed E-state index contributed by atoms with van der Waals surface area (Å²) in [7, 11) is -3.13.